The van der Waals surface area contributed by atoms with E-state index in [0.717, 1.165) is 22.7 Å². The molecule has 1 amide bonds. The lowest BCUT2D eigenvalue weighted by Crippen LogP contribution is -2.20. The van der Waals surface area contributed by atoms with Gasteiger partial charge in [0.15, 0.2) is 0 Å². The van der Waals surface area contributed by atoms with E-state index in [1.165, 1.54) is 0 Å². The number of carbonyl (C=O) groups excluding carboxylic acids is 1. The number of ether oxygens (including phenoxy) is 2. The summed E-state index contributed by atoms with van der Waals surface area (Å²) in [5, 5.41) is 6.25. The number of methoxy groups -OCH3 is 2. The van der Waals surface area contributed by atoms with Crippen LogP contribution < -0.4 is 20.1 Å². The van der Waals surface area contributed by atoms with E-state index in [9.17, 15) is 4.79 Å². The first-order valence-electron chi connectivity index (χ1n) is 8.70. The lowest BCUT2D eigenvalue weighted by atomic mass is 9.86. The smallest absolute Gasteiger partial charge is 0.226 e. The van der Waals surface area contributed by atoms with Crippen LogP contribution in [0.2, 0.25) is 0 Å². The van der Waals surface area contributed by atoms with Crippen LogP contribution in [0.4, 0.5) is 11.4 Å². The average Bonchev–Trinajstić information content (AvgIpc) is 2.61. The van der Waals surface area contributed by atoms with Crippen LogP contribution in [0, 0.1) is 0 Å². The summed E-state index contributed by atoms with van der Waals surface area (Å²) in [4.78, 5) is 12.4. The van der Waals surface area contributed by atoms with Gasteiger partial charge in [0, 0.05) is 24.7 Å². The first kappa shape index (κ1) is 19.6. The van der Waals surface area contributed by atoms with Gasteiger partial charge < -0.3 is 20.1 Å². The van der Waals surface area contributed by atoms with Gasteiger partial charge in [-0.1, -0.05) is 39.0 Å². The first-order valence-corrected chi connectivity index (χ1v) is 8.70. The molecule has 0 radical (unpaired) electrons. The lowest BCUT2D eigenvalue weighted by molar-refractivity contribution is -0.115. The molecule has 0 spiro atoms. The van der Waals surface area contributed by atoms with Crippen LogP contribution >= 0.6 is 0 Å². The van der Waals surface area contributed by atoms with Crippen molar-refractivity contribution in [2.45, 2.75) is 32.6 Å². The van der Waals surface area contributed by atoms with Crippen LogP contribution in [0.25, 0.3) is 0 Å². The fourth-order valence-electron chi connectivity index (χ4n) is 2.72. The minimum absolute atomic E-state index is 0.0314. The van der Waals surface area contributed by atoms with Gasteiger partial charge >= 0.3 is 0 Å². The number of nitrogens with one attached hydrogen (secondary N) is 2. The van der Waals surface area contributed by atoms with Crippen molar-refractivity contribution in [3.05, 3.63) is 48.0 Å². The summed E-state index contributed by atoms with van der Waals surface area (Å²) >= 11 is 0. The van der Waals surface area contributed by atoms with E-state index in [-0.39, 0.29) is 11.3 Å². The van der Waals surface area contributed by atoms with Crippen LogP contribution in [0.3, 0.4) is 0 Å². The van der Waals surface area contributed by atoms with Gasteiger partial charge in [0.05, 0.1) is 19.9 Å². The molecule has 5 nitrogen and oxygen atoms in total. The fourth-order valence-corrected chi connectivity index (χ4v) is 2.72. The van der Waals surface area contributed by atoms with Crippen molar-refractivity contribution in [1.82, 2.24) is 0 Å². The second kappa shape index (κ2) is 8.61. The Bertz CT molecular complexity index is 751. The highest BCUT2D eigenvalue weighted by molar-refractivity contribution is 5.92. The van der Waals surface area contributed by atoms with Crippen molar-refractivity contribution in [1.29, 1.82) is 0 Å². The molecule has 2 aromatic rings. The molecule has 2 rings (SSSR count). The fraction of sp³-hybridized carbons (Fsp3) is 0.381. The minimum atomic E-state index is -0.0317. The summed E-state index contributed by atoms with van der Waals surface area (Å²) < 4.78 is 10.6. The monoisotopic (exact) mass is 356 g/mol. The molecule has 0 aliphatic heterocycles. The van der Waals surface area contributed by atoms with E-state index in [1.54, 1.807) is 14.2 Å². The van der Waals surface area contributed by atoms with E-state index < -0.39 is 0 Å². The third-order valence-electron chi connectivity index (χ3n) is 4.08. The zero-order chi connectivity index (χ0) is 19.2. The molecule has 0 aliphatic rings. The SMILES string of the molecule is COc1ccc(OC)c(NCCC(=O)Nc2ccccc2C(C)(C)C)c1. The Hall–Kier alpha value is -2.69. The molecular weight excluding hydrogens is 328 g/mol. The summed E-state index contributed by atoms with van der Waals surface area (Å²) in [6, 6.07) is 13.4. The minimum Gasteiger partial charge on any atom is -0.497 e. The van der Waals surface area contributed by atoms with Crippen LogP contribution in [0.1, 0.15) is 32.8 Å². The summed E-state index contributed by atoms with van der Waals surface area (Å²) in [5.74, 6) is 1.41. The Morgan fingerprint density at radius 3 is 2.38 bits per heavy atom. The van der Waals surface area contributed by atoms with Crippen molar-refractivity contribution in [3.63, 3.8) is 0 Å². The molecule has 0 aromatic heterocycles. The number of benzene rings is 2. The highest BCUT2D eigenvalue weighted by Crippen LogP contribution is 2.30. The Labute approximate surface area is 155 Å². The molecular formula is C21H28N2O3. The van der Waals surface area contributed by atoms with E-state index in [1.807, 2.05) is 36.4 Å². The summed E-state index contributed by atoms with van der Waals surface area (Å²) in [5.41, 5.74) is 2.75. The van der Waals surface area contributed by atoms with Crippen LogP contribution in [-0.2, 0) is 10.2 Å². The van der Waals surface area contributed by atoms with Crippen molar-refractivity contribution in [2.24, 2.45) is 0 Å². The van der Waals surface area contributed by atoms with E-state index in [0.29, 0.717) is 18.7 Å². The maximum atomic E-state index is 12.4. The highest BCUT2D eigenvalue weighted by Gasteiger charge is 2.18. The topological polar surface area (TPSA) is 59.6 Å². The molecule has 5 heteroatoms. The van der Waals surface area contributed by atoms with Crippen LogP contribution in [-0.4, -0.2) is 26.7 Å². The van der Waals surface area contributed by atoms with Crippen LogP contribution in [0.5, 0.6) is 11.5 Å². The highest BCUT2D eigenvalue weighted by atomic mass is 16.5. The molecule has 0 aliphatic carbocycles. The van der Waals surface area contributed by atoms with E-state index in [2.05, 4.69) is 37.5 Å². The molecule has 0 bridgehead atoms. The number of rotatable bonds is 7. The van der Waals surface area contributed by atoms with Gasteiger partial charge in [0.25, 0.3) is 0 Å². The third kappa shape index (κ3) is 5.15. The van der Waals surface area contributed by atoms with Crippen molar-refractivity contribution < 1.29 is 14.3 Å². The molecule has 0 saturated heterocycles. The van der Waals surface area contributed by atoms with Crippen molar-refractivity contribution >= 4 is 17.3 Å². The second-order valence-electron chi connectivity index (χ2n) is 7.09. The zero-order valence-electron chi connectivity index (χ0n) is 16.2. The normalized spacial score (nSPS) is 11.0. The predicted molar refractivity (Wildman–Crippen MR) is 106 cm³/mol. The second-order valence-corrected chi connectivity index (χ2v) is 7.09. The predicted octanol–water partition coefficient (Wildman–Crippen LogP) is 4.44. The number of para-hydroxylation sites is 1. The Balaban J connectivity index is 1.97. The summed E-state index contributed by atoms with van der Waals surface area (Å²) in [6.07, 6.45) is 0.346. The largest absolute Gasteiger partial charge is 0.497 e. The number of hydrogen-bond donors (Lipinski definition) is 2. The zero-order valence-corrected chi connectivity index (χ0v) is 16.2. The Morgan fingerprint density at radius 1 is 1.00 bits per heavy atom. The van der Waals surface area contributed by atoms with E-state index in [4.69, 9.17) is 9.47 Å². The summed E-state index contributed by atoms with van der Waals surface area (Å²) in [6.45, 7) is 6.89. The molecule has 2 N–H and O–H groups in total. The van der Waals surface area contributed by atoms with Gasteiger partial charge in [-0.3, -0.25) is 4.79 Å². The molecule has 0 atom stereocenters. The van der Waals surface area contributed by atoms with Gasteiger partial charge in [-0.05, 0) is 29.2 Å². The van der Waals surface area contributed by atoms with Gasteiger partial charge in [-0.2, -0.15) is 0 Å². The van der Waals surface area contributed by atoms with Gasteiger partial charge in [-0.25, -0.2) is 0 Å². The van der Waals surface area contributed by atoms with Gasteiger partial charge in [0.2, 0.25) is 5.91 Å². The molecule has 0 fully saturated rings. The molecule has 0 saturated carbocycles. The van der Waals surface area contributed by atoms with Crippen LogP contribution in [0.15, 0.2) is 42.5 Å². The molecule has 0 heterocycles. The molecule has 26 heavy (non-hydrogen) atoms. The first-order chi connectivity index (χ1) is 12.3. The average molecular weight is 356 g/mol. The summed E-state index contributed by atoms with van der Waals surface area (Å²) in [7, 11) is 3.23. The number of carbonyl (C=O) groups is 1. The third-order valence-corrected chi connectivity index (χ3v) is 4.08. The van der Waals surface area contributed by atoms with Crippen molar-refractivity contribution in [3.8, 4) is 11.5 Å². The maximum Gasteiger partial charge on any atom is 0.226 e. The molecule has 0 unspecified atom stereocenters. The lowest BCUT2D eigenvalue weighted by Gasteiger charge is -2.23. The van der Waals surface area contributed by atoms with Gasteiger partial charge in [0.1, 0.15) is 11.5 Å². The quantitative estimate of drug-likeness (QED) is 0.770. The maximum absolute atomic E-state index is 12.4. The molecule has 140 valence electrons. The van der Waals surface area contributed by atoms with Gasteiger partial charge in [-0.15, -0.1) is 0 Å². The number of anilines is 2. The Morgan fingerprint density at radius 2 is 1.73 bits per heavy atom. The Kier molecular flexibility index (Phi) is 6.50. The molecule has 2 aromatic carbocycles. The van der Waals surface area contributed by atoms with Crippen molar-refractivity contribution in [2.75, 3.05) is 31.4 Å². The number of hydrogen-bond acceptors (Lipinski definition) is 4. The standard InChI is InChI=1S/C21H28N2O3/c1-21(2,3)16-8-6-7-9-17(16)23-20(24)12-13-22-18-14-15(25-4)10-11-19(18)26-5/h6-11,14,22H,12-13H2,1-5H3,(H,23,24). The number of amides is 1. The van der Waals surface area contributed by atoms with E-state index >= 15 is 0 Å².